The quantitative estimate of drug-likeness (QED) is 0.948. The van der Waals surface area contributed by atoms with Crippen LogP contribution in [-0.4, -0.2) is 16.6 Å². The molecule has 3 unspecified atom stereocenters. The summed E-state index contributed by atoms with van der Waals surface area (Å²) in [6.45, 7) is 0. The fourth-order valence-corrected chi connectivity index (χ4v) is 5.32. The van der Waals surface area contributed by atoms with Crippen molar-refractivity contribution in [1.82, 2.24) is 0 Å². The van der Waals surface area contributed by atoms with E-state index in [2.05, 4.69) is 0 Å². The summed E-state index contributed by atoms with van der Waals surface area (Å²) in [6, 6.07) is 9.67. The Balaban J connectivity index is 1.89. The molecule has 1 heterocycles. The zero-order valence-corrected chi connectivity index (χ0v) is 12.9. The van der Waals surface area contributed by atoms with Crippen LogP contribution in [0.4, 0.5) is 0 Å². The summed E-state index contributed by atoms with van der Waals surface area (Å²) >= 11 is 1.54. The van der Waals surface area contributed by atoms with Crippen molar-refractivity contribution in [3.05, 3.63) is 46.8 Å². The van der Waals surface area contributed by atoms with Crippen LogP contribution in [0, 0.1) is 0 Å². The molecule has 1 aromatic carbocycles. The van der Waals surface area contributed by atoms with E-state index in [1.165, 1.54) is 16.9 Å². The van der Waals surface area contributed by atoms with Gasteiger partial charge in [-0.05, 0) is 47.5 Å². The van der Waals surface area contributed by atoms with Crippen molar-refractivity contribution < 1.29 is 8.95 Å². The number of methoxy groups -OCH3 is 1. The van der Waals surface area contributed by atoms with Gasteiger partial charge in [-0.2, -0.15) is 0 Å². The minimum atomic E-state index is -1.02. The third-order valence-corrected chi connectivity index (χ3v) is 6.83. The van der Waals surface area contributed by atoms with Crippen molar-refractivity contribution >= 4 is 22.1 Å². The van der Waals surface area contributed by atoms with E-state index in [1.807, 2.05) is 35.7 Å². The van der Waals surface area contributed by atoms with Crippen LogP contribution in [0.1, 0.15) is 23.6 Å². The maximum atomic E-state index is 12.6. The zero-order valence-electron chi connectivity index (χ0n) is 11.2. The van der Waals surface area contributed by atoms with Gasteiger partial charge in [-0.3, -0.25) is 4.21 Å². The number of benzene rings is 1. The maximum absolute atomic E-state index is 12.6. The first-order valence-electron chi connectivity index (χ1n) is 6.57. The van der Waals surface area contributed by atoms with Crippen LogP contribution < -0.4 is 10.5 Å². The van der Waals surface area contributed by atoms with Crippen molar-refractivity contribution in [2.75, 3.05) is 7.11 Å². The summed E-state index contributed by atoms with van der Waals surface area (Å²) in [5, 5.41) is 1.95. The Morgan fingerprint density at radius 1 is 1.40 bits per heavy atom. The average molecular weight is 307 g/mol. The van der Waals surface area contributed by atoms with Crippen LogP contribution in [0.15, 0.2) is 39.9 Å². The van der Waals surface area contributed by atoms with Crippen molar-refractivity contribution in [1.29, 1.82) is 0 Å². The SMILES string of the molecule is COc1ccc2c(c1)CCC(S(=O)c1cccs1)C2N. The Morgan fingerprint density at radius 2 is 2.25 bits per heavy atom. The normalized spacial score (nSPS) is 23.1. The van der Waals surface area contributed by atoms with Gasteiger partial charge >= 0.3 is 0 Å². The molecule has 0 saturated heterocycles. The van der Waals surface area contributed by atoms with Crippen molar-refractivity contribution in [2.45, 2.75) is 28.3 Å². The van der Waals surface area contributed by atoms with Gasteiger partial charge in [0, 0.05) is 6.04 Å². The van der Waals surface area contributed by atoms with Crippen LogP contribution >= 0.6 is 11.3 Å². The van der Waals surface area contributed by atoms with Crippen LogP contribution in [0.5, 0.6) is 5.75 Å². The molecule has 0 spiro atoms. The summed E-state index contributed by atoms with van der Waals surface area (Å²) in [5.74, 6) is 0.855. The number of thiophene rings is 1. The number of nitrogens with two attached hydrogens (primary N) is 1. The maximum Gasteiger partial charge on any atom is 0.119 e. The highest BCUT2D eigenvalue weighted by atomic mass is 32.2. The van der Waals surface area contributed by atoms with E-state index in [-0.39, 0.29) is 11.3 Å². The van der Waals surface area contributed by atoms with E-state index < -0.39 is 10.8 Å². The molecule has 2 N–H and O–H groups in total. The van der Waals surface area contributed by atoms with Crippen LogP contribution in [-0.2, 0) is 17.2 Å². The third kappa shape index (κ3) is 2.41. The molecule has 0 fully saturated rings. The van der Waals surface area contributed by atoms with E-state index in [0.29, 0.717) is 0 Å². The second kappa shape index (κ2) is 5.68. The molecule has 3 rings (SSSR count). The highest BCUT2D eigenvalue weighted by Gasteiger charge is 2.32. The minimum Gasteiger partial charge on any atom is -0.497 e. The van der Waals surface area contributed by atoms with Gasteiger partial charge in [-0.25, -0.2) is 0 Å². The Hall–Kier alpha value is -1.17. The summed E-state index contributed by atoms with van der Waals surface area (Å²) in [5.41, 5.74) is 8.68. The standard InChI is InChI=1S/C15H17NO2S2/c1-18-11-5-6-12-10(9-11)4-7-13(15(12)16)20(17)14-3-2-8-19-14/h2-3,5-6,8-9,13,15H,4,7,16H2,1H3. The van der Waals surface area contributed by atoms with E-state index in [1.54, 1.807) is 7.11 Å². The number of rotatable bonds is 3. The van der Waals surface area contributed by atoms with Gasteiger partial charge in [0.25, 0.3) is 0 Å². The first kappa shape index (κ1) is 13.8. The first-order chi connectivity index (χ1) is 9.70. The largest absolute Gasteiger partial charge is 0.497 e. The third-order valence-electron chi connectivity index (χ3n) is 3.78. The second-order valence-corrected chi connectivity index (χ2v) is 7.74. The molecule has 0 radical (unpaired) electrons. The molecule has 1 aromatic heterocycles. The van der Waals surface area contributed by atoms with Gasteiger partial charge in [0.05, 0.1) is 27.4 Å². The van der Waals surface area contributed by atoms with Gasteiger partial charge in [0.15, 0.2) is 0 Å². The molecular weight excluding hydrogens is 290 g/mol. The predicted octanol–water partition coefficient (Wildman–Crippen LogP) is 2.88. The highest BCUT2D eigenvalue weighted by molar-refractivity contribution is 7.88. The van der Waals surface area contributed by atoms with E-state index >= 15 is 0 Å². The molecule has 0 bridgehead atoms. The Morgan fingerprint density at radius 3 is 2.95 bits per heavy atom. The van der Waals surface area contributed by atoms with Gasteiger partial charge in [0.1, 0.15) is 5.75 Å². The smallest absolute Gasteiger partial charge is 0.119 e. The number of hydrogen-bond donors (Lipinski definition) is 1. The van der Waals surface area contributed by atoms with Gasteiger partial charge in [-0.15, -0.1) is 11.3 Å². The van der Waals surface area contributed by atoms with Gasteiger partial charge < -0.3 is 10.5 Å². The number of ether oxygens (including phenoxy) is 1. The fraction of sp³-hybridized carbons (Fsp3) is 0.333. The van der Waals surface area contributed by atoms with Crippen molar-refractivity contribution in [3.8, 4) is 5.75 Å². The van der Waals surface area contributed by atoms with Crippen LogP contribution in [0.25, 0.3) is 0 Å². The fourth-order valence-electron chi connectivity index (χ4n) is 2.70. The second-order valence-electron chi connectivity index (χ2n) is 4.90. The number of aryl methyl sites for hydroxylation is 1. The Bertz CT molecular complexity index is 625. The van der Waals surface area contributed by atoms with Crippen molar-refractivity contribution in [2.24, 2.45) is 5.73 Å². The zero-order chi connectivity index (χ0) is 14.1. The molecule has 2 aromatic rings. The average Bonchev–Trinajstić information content (AvgIpc) is 3.01. The summed E-state index contributed by atoms with van der Waals surface area (Å²) in [4.78, 5) is 0. The number of fused-ring (bicyclic) bond motifs is 1. The lowest BCUT2D eigenvalue weighted by molar-refractivity contribution is 0.413. The molecule has 0 amide bonds. The first-order valence-corrected chi connectivity index (χ1v) is 8.66. The lowest BCUT2D eigenvalue weighted by Crippen LogP contribution is -2.34. The topological polar surface area (TPSA) is 52.3 Å². The lowest BCUT2D eigenvalue weighted by atomic mass is 9.87. The van der Waals surface area contributed by atoms with Gasteiger partial charge in [0.2, 0.25) is 0 Å². The molecule has 5 heteroatoms. The summed E-state index contributed by atoms with van der Waals surface area (Å²) < 4.78 is 18.8. The molecule has 20 heavy (non-hydrogen) atoms. The number of hydrogen-bond acceptors (Lipinski definition) is 4. The molecule has 0 saturated carbocycles. The van der Waals surface area contributed by atoms with E-state index in [4.69, 9.17) is 10.5 Å². The van der Waals surface area contributed by atoms with Crippen LogP contribution in [0.3, 0.4) is 0 Å². The summed E-state index contributed by atoms with van der Waals surface area (Å²) in [7, 11) is 0.645. The van der Waals surface area contributed by atoms with Crippen LogP contribution in [0.2, 0.25) is 0 Å². The molecule has 3 atom stereocenters. The monoisotopic (exact) mass is 307 g/mol. The molecular formula is C15H17NO2S2. The highest BCUT2D eigenvalue weighted by Crippen LogP contribution is 2.35. The molecule has 3 nitrogen and oxygen atoms in total. The van der Waals surface area contributed by atoms with E-state index in [0.717, 1.165) is 28.4 Å². The van der Waals surface area contributed by atoms with Gasteiger partial charge in [-0.1, -0.05) is 12.1 Å². The van der Waals surface area contributed by atoms with Crippen molar-refractivity contribution in [3.63, 3.8) is 0 Å². The molecule has 1 aliphatic carbocycles. The molecule has 1 aliphatic rings. The Labute approximate surface area is 125 Å². The Kier molecular flexibility index (Phi) is 3.92. The molecule has 106 valence electrons. The van der Waals surface area contributed by atoms with E-state index in [9.17, 15) is 4.21 Å². The molecule has 0 aliphatic heterocycles. The summed E-state index contributed by atoms with van der Waals surface area (Å²) in [6.07, 6.45) is 1.76. The minimum absolute atomic E-state index is 0.00505. The lowest BCUT2D eigenvalue weighted by Gasteiger charge is -2.30. The predicted molar refractivity (Wildman–Crippen MR) is 82.8 cm³/mol.